The van der Waals surface area contributed by atoms with Gasteiger partial charge in [-0.15, -0.1) is 0 Å². The summed E-state index contributed by atoms with van der Waals surface area (Å²) in [6.07, 6.45) is 6.31. The average molecular weight is 252 g/mol. The fourth-order valence-corrected chi connectivity index (χ4v) is 2.46. The molecule has 2 rings (SSSR count). The minimum atomic E-state index is -0.191. The largest absolute Gasteiger partial charge is 0.468 e. The Morgan fingerprint density at radius 3 is 2.83 bits per heavy atom. The number of hydrogen-bond donors (Lipinski definition) is 0. The summed E-state index contributed by atoms with van der Waals surface area (Å²) >= 11 is 0. The molecule has 6 heteroatoms. The van der Waals surface area contributed by atoms with Crippen molar-refractivity contribution in [2.24, 2.45) is 7.05 Å². The summed E-state index contributed by atoms with van der Waals surface area (Å²) < 4.78 is 6.52. The predicted molar refractivity (Wildman–Crippen MR) is 65.7 cm³/mol. The van der Waals surface area contributed by atoms with Crippen LogP contribution in [0.1, 0.15) is 31.5 Å². The van der Waals surface area contributed by atoms with Crippen molar-refractivity contribution >= 4 is 5.97 Å². The molecule has 0 radical (unpaired) electrons. The minimum Gasteiger partial charge on any atom is -0.468 e. The summed E-state index contributed by atoms with van der Waals surface area (Å²) in [6.45, 7) is 0.976. The van der Waals surface area contributed by atoms with Gasteiger partial charge in [-0.3, -0.25) is 14.4 Å². The molecule has 6 nitrogen and oxygen atoms in total. The summed E-state index contributed by atoms with van der Waals surface area (Å²) in [5, 5.41) is 4.06. The van der Waals surface area contributed by atoms with Crippen LogP contribution in [0.2, 0.25) is 0 Å². The summed E-state index contributed by atoms with van der Waals surface area (Å²) in [5.41, 5.74) is 0. The summed E-state index contributed by atoms with van der Waals surface area (Å²) in [4.78, 5) is 17.9. The molecule has 1 aliphatic rings. The first-order valence-corrected chi connectivity index (χ1v) is 6.34. The van der Waals surface area contributed by atoms with Crippen molar-refractivity contribution in [2.75, 3.05) is 13.7 Å². The predicted octanol–water partition coefficient (Wildman–Crippen LogP) is 0.733. The van der Waals surface area contributed by atoms with Gasteiger partial charge in [0.2, 0.25) is 0 Å². The highest BCUT2D eigenvalue weighted by Gasteiger charge is 2.25. The van der Waals surface area contributed by atoms with Crippen LogP contribution in [0.15, 0.2) is 6.33 Å². The fraction of sp³-hybridized carbons (Fsp3) is 0.750. The number of carbonyl (C=O) groups excluding carboxylic acids is 1. The molecule has 0 spiro atoms. The smallest absolute Gasteiger partial charge is 0.319 e. The van der Waals surface area contributed by atoms with Gasteiger partial charge in [0, 0.05) is 13.1 Å². The molecule has 0 atom stereocenters. The SMILES string of the molecule is COC(=O)CN(Cc1ncnn1C)C1CCCC1. The summed E-state index contributed by atoms with van der Waals surface area (Å²) in [7, 11) is 3.30. The molecule has 0 N–H and O–H groups in total. The molecular weight excluding hydrogens is 232 g/mol. The summed E-state index contributed by atoms with van der Waals surface area (Å²) in [5.74, 6) is 0.690. The molecule has 0 amide bonds. The van der Waals surface area contributed by atoms with E-state index in [4.69, 9.17) is 4.74 Å². The van der Waals surface area contributed by atoms with Gasteiger partial charge in [-0.2, -0.15) is 5.10 Å². The molecule has 100 valence electrons. The summed E-state index contributed by atoms with van der Waals surface area (Å²) in [6, 6.07) is 0.459. The Morgan fingerprint density at radius 2 is 2.28 bits per heavy atom. The van der Waals surface area contributed by atoms with E-state index in [0.29, 0.717) is 19.1 Å². The molecule has 1 aromatic heterocycles. The number of ether oxygens (including phenoxy) is 1. The molecule has 1 saturated carbocycles. The lowest BCUT2D eigenvalue weighted by Crippen LogP contribution is -2.38. The van der Waals surface area contributed by atoms with E-state index >= 15 is 0 Å². The van der Waals surface area contributed by atoms with Gasteiger partial charge in [0.25, 0.3) is 0 Å². The lowest BCUT2D eigenvalue weighted by atomic mass is 10.2. The van der Waals surface area contributed by atoms with Crippen LogP contribution in [0.5, 0.6) is 0 Å². The molecule has 1 aliphatic carbocycles. The quantitative estimate of drug-likeness (QED) is 0.723. The van der Waals surface area contributed by atoms with Crippen molar-refractivity contribution < 1.29 is 9.53 Å². The number of aryl methyl sites for hydroxylation is 1. The van der Waals surface area contributed by atoms with Gasteiger partial charge >= 0.3 is 5.97 Å². The Morgan fingerprint density at radius 1 is 1.56 bits per heavy atom. The number of esters is 1. The maximum atomic E-state index is 11.5. The van der Waals surface area contributed by atoms with Crippen molar-refractivity contribution in [1.82, 2.24) is 19.7 Å². The van der Waals surface area contributed by atoms with Crippen molar-refractivity contribution in [3.63, 3.8) is 0 Å². The zero-order chi connectivity index (χ0) is 13.0. The van der Waals surface area contributed by atoms with Gasteiger partial charge in [0.15, 0.2) is 0 Å². The third-order valence-electron chi connectivity index (χ3n) is 3.55. The fourth-order valence-electron chi connectivity index (χ4n) is 2.46. The third-order valence-corrected chi connectivity index (χ3v) is 3.55. The highest BCUT2D eigenvalue weighted by molar-refractivity contribution is 5.71. The number of carbonyl (C=O) groups is 1. The van der Waals surface area contributed by atoms with E-state index in [0.717, 1.165) is 18.7 Å². The Kier molecular flexibility index (Phi) is 4.30. The van der Waals surface area contributed by atoms with E-state index in [1.165, 1.54) is 20.0 Å². The molecule has 1 heterocycles. The van der Waals surface area contributed by atoms with Crippen LogP contribution in [-0.4, -0.2) is 45.3 Å². The topological polar surface area (TPSA) is 60.2 Å². The number of aromatic nitrogens is 3. The second-order valence-electron chi connectivity index (χ2n) is 4.72. The van der Waals surface area contributed by atoms with Crippen LogP contribution in [0, 0.1) is 0 Å². The molecule has 0 saturated heterocycles. The molecule has 0 bridgehead atoms. The minimum absolute atomic E-state index is 0.191. The average Bonchev–Trinajstić information content (AvgIpc) is 3.00. The lowest BCUT2D eigenvalue weighted by molar-refractivity contribution is -0.142. The van der Waals surface area contributed by atoms with Gasteiger partial charge in [-0.05, 0) is 12.8 Å². The number of hydrogen-bond acceptors (Lipinski definition) is 5. The van der Waals surface area contributed by atoms with Crippen molar-refractivity contribution in [2.45, 2.75) is 38.3 Å². The van der Waals surface area contributed by atoms with Crippen LogP contribution in [-0.2, 0) is 23.1 Å². The third kappa shape index (κ3) is 3.07. The highest BCUT2D eigenvalue weighted by Crippen LogP contribution is 2.24. The zero-order valence-electron chi connectivity index (χ0n) is 11.0. The molecule has 18 heavy (non-hydrogen) atoms. The monoisotopic (exact) mass is 252 g/mol. The van der Waals surface area contributed by atoms with Crippen molar-refractivity contribution in [3.05, 3.63) is 12.2 Å². The maximum absolute atomic E-state index is 11.5. The van der Waals surface area contributed by atoms with Crippen LogP contribution in [0.4, 0.5) is 0 Å². The van der Waals surface area contributed by atoms with E-state index < -0.39 is 0 Å². The van der Waals surface area contributed by atoms with Crippen LogP contribution < -0.4 is 0 Å². The van der Waals surface area contributed by atoms with E-state index in [1.807, 2.05) is 7.05 Å². The molecule has 0 unspecified atom stereocenters. The van der Waals surface area contributed by atoms with Crippen LogP contribution in [0.25, 0.3) is 0 Å². The maximum Gasteiger partial charge on any atom is 0.319 e. The Balaban J connectivity index is 2.04. The molecule has 1 aromatic rings. The zero-order valence-corrected chi connectivity index (χ0v) is 11.0. The van der Waals surface area contributed by atoms with Gasteiger partial charge in [-0.25, -0.2) is 4.98 Å². The first-order chi connectivity index (χ1) is 8.70. The van der Waals surface area contributed by atoms with Gasteiger partial charge in [-0.1, -0.05) is 12.8 Å². The standard InChI is InChI=1S/C12H20N4O2/c1-15-11(13-9-14-15)7-16(8-12(17)18-2)10-5-3-4-6-10/h9-10H,3-8H2,1-2H3. The second-order valence-corrected chi connectivity index (χ2v) is 4.72. The molecular formula is C12H20N4O2. The van der Waals surface area contributed by atoms with E-state index in [-0.39, 0.29) is 5.97 Å². The highest BCUT2D eigenvalue weighted by atomic mass is 16.5. The molecule has 0 aromatic carbocycles. The van der Waals surface area contributed by atoms with E-state index in [2.05, 4.69) is 15.0 Å². The first kappa shape index (κ1) is 13.0. The molecule has 1 fully saturated rings. The van der Waals surface area contributed by atoms with E-state index in [1.54, 1.807) is 11.0 Å². The van der Waals surface area contributed by atoms with Gasteiger partial charge < -0.3 is 4.74 Å². The normalized spacial score (nSPS) is 16.4. The lowest BCUT2D eigenvalue weighted by Gasteiger charge is -2.26. The Bertz CT molecular complexity index is 399. The number of rotatable bonds is 5. The van der Waals surface area contributed by atoms with Gasteiger partial charge in [0.05, 0.1) is 20.2 Å². The van der Waals surface area contributed by atoms with Crippen LogP contribution >= 0.6 is 0 Å². The first-order valence-electron chi connectivity index (χ1n) is 6.34. The molecule has 0 aliphatic heterocycles. The van der Waals surface area contributed by atoms with Gasteiger partial charge in [0.1, 0.15) is 12.2 Å². The Labute approximate surface area is 107 Å². The second kappa shape index (κ2) is 5.95. The van der Waals surface area contributed by atoms with Crippen molar-refractivity contribution in [1.29, 1.82) is 0 Å². The van der Waals surface area contributed by atoms with Crippen molar-refractivity contribution in [3.8, 4) is 0 Å². The number of nitrogens with zero attached hydrogens (tertiary/aromatic N) is 4. The van der Waals surface area contributed by atoms with Crippen LogP contribution in [0.3, 0.4) is 0 Å². The Hall–Kier alpha value is -1.43. The number of methoxy groups -OCH3 is 1. The van der Waals surface area contributed by atoms with E-state index in [9.17, 15) is 4.79 Å².